The zero-order chi connectivity index (χ0) is 13.3. The molecule has 1 aliphatic rings. The number of hydrogen-bond acceptors (Lipinski definition) is 3. The van der Waals surface area contributed by atoms with Crippen molar-refractivity contribution in [3.8, 4) is 0 Å². The average Bonchev–Trinajstić information content (AvgIpc) is 2.32. The van der Waals surface area contributed by atoms with Crippen molar-refractivity contribution in [1.29, 1.82) is 5.41 Å². The van der Waals surface area contributed by atoms with Crippen LogP contribution in [0.4, 0.5) is 5.69 Å². The van der Waals surface area contributed by atoms with Gasteiger partial charge in [-0.05, 0) is 25.1 Å². The third-order valence-corrected chi connectivity index (χ3v) is 5.11. The predicted octanol–water partition coefficient (Wildman–Crippen LogP) is 2.95. The van der Waals surface area contributed by atoms with Gasteiger partial charge in [-0.3, -0.25) is 5.41 Å². The molecule has 5 heteroatoms. The Labute approximate surface area is 117 Å². The van der Waals surface area contributed by atoms with E-state index >= 15 is 0 Å². The van der Waals surface area contributed by atoms with E-state index in [2.05, 4.69) is 18.7 Å². The molecular weight excluding hydrogens is 266 g/mol. The van der Waals surface area contributed by atoms with E-state index in [1.54, 1.807) is 0 Å². The molecule has 0 aromatic heterocycles. The number of nitrogens with two attached hydrogens (primary N) is 1. The Hall–Kier alpha value is -0.870. The summed E-state index contributed by atoms with van der Waals surface area (Å²) in [4.78, 5) is 2.37. The summed E-state index contributed by atoms with van der Waals surface area (Å²) < 4.78 is 0. The molecule has 1 aliphatic heterocycles. The zero-order valence-corrected chi connectivity index (χ0v) is 12.2. The van der Waals surface area contributed by atoms with Crippen LogP contribution >= 0.6 is 23.4 Å². The summed E-state index contributed by atoms with van der Waals surface area (Å²) in [6.45, 7) is 5.53. The van der Waals surface area contributed by atoms with Crippen molar-refractivity contribution in [3.05, 3.63) is 28.8 Å². The Morgan fingerprint density at radius 2 is 2.22 bits per heavy atom. The standard InChI is InChI=1S/C13H18ClN3S/c1-8-9(2)18-6-5-17(8)10-3-4-11(13(15)16)12(14)7-10/h3-4,7-9H,5-6H2,1-2H3,(H3,15,16). The molecule has 2 unspecified atom stereocenters. The highest BCUT2D eigenvalue weighted by Crippen LogP contribution is 2.31. The molecule has 1 fully saturated rings. The molecule has 18 heavy (non-hydrogen) atoms. The first-order valence-electron chi connectivity index (χ1n) is 6.03. The molecule has 0 radical (unpaired) electrons. The molecule has 1 aromatic rings. The molecule has 0 spiro atoms. The lowest BCUT2D eigenvalue weighted by Gasteiger charge is -2.39. The van der Waals surface area contributed by atoms with Crippen LogP contribution in [0.15, 0.2) is 18.2 Å². The number of nitrogens with zero attached hydrogens (tertiary/aromatic N) is 1. The molecule has 3 nitrogen and oxygen atoms in total. The fraction of sp³-hybridized carbons (Fsp3) is 0.462. The first kappa shape index (κ1) is 13.6. The van der Waals surface area contributed by atoms with Crippen LogP contribution in [0, 0.1) is 5.41 Å². The number of benzene rings is 1. The van der Waals surface area contributed by atoms with Gasteiger partial charge in [0.15, 0.2) is 0 Å². The summed E-state index contributed by atoms with van der Waals surface area (Å²) in [6, 6.07) is 6.24. The number of anilines is 1. The molecule has 0 aliphatic carbocycles. The Morgan fingerprint density at radius 3 is 2.83 bits per heavy atom. The van der Waals surface area contributed by atoms with Gasteiger partial charge in [0, 0.05) is 34.8 Å². The molecule has 2 rings (SSSR count). The van der Waals surface area contributed by atoms with E-state index in [1.165, 1.54) is 0 Å². The first-order chi connectivity index (χ1) is 8.50. The van der Waals surface area contributed by atoms with Crippen LogP contribution in [0.1, 0.15) is 19.4 Å². The van der Waals surface area contributed by atoms with E-state index in [0.29, 0.717) is 21.9 Å². The van der Waals surface area contributed by atoms with Crippen LogP contribution in [0.5, 0.6) is 0 Å². The second-order valence-electron chi connectivity index (χ2n) is 4.59. The third kappa shape index (κ3) is 2.59. The molecule has 1 aromatic carbocycles. The maximum absolute atomic E-state index is 7.44. The Bertz CT molecular complexity index is 464. The minimum absolute atomic E-state index is 0.0159. The second-order valence-corrected chi connectivity index (χ2v) is 6.48. The summed E-state index contributed by atoms with van der Waals surface area (Å²) in [6.07, 6.45) is 0. The van der Waals surface area contributed by atoms with Crippen molar-refractivity contribution in [3.63, 3.8) is 0 Å². The summed E-state index contributed by atoms with van der Waals surface area (Å²) in [7, 11) is 0. The Kier molecular flexibility index (Phi) is 4.07. The number of hydrogen-bond donors (Lipinski definition) is 2. The normalized spacial score (nSPS) is 24.1. The summed E-state index contributed by atoms with van der Waals surface area (Å²) in [5, 5.41) is 8.61. The van der Waals surface area contributed by atoms with E-state index in [9.17, 15) is 0 Å². The van der Waals surface area contributed by atoms with Crippen LogP contribution in [-0.2, 0) is 0 Å². The van der Waals surface area contributed by atoms with Crippen molar-refractivity contribution in [2.45, 2.75) is 25.1 Å². The summed E-state index contributed by atoms with van der Waals surface area (Å²) in [5.41, 5.74) is 7.19. The van der Waals surface area contributed by atoms with E-state index < -0.39 is 0 Å². The van der Waals surface area contributed by atoms with Crippen LogP contribution in [0.3, 0.4) is 0 Å². The van der Waals surface area contributed by atoms with Crippen molar-refractivity contribution in [2.75, 3.05) is 17.2 Å². The summed E-state index contributed by atoms with van der Waals surface area (Å²) in [5.74, 6) is 1.15. The monoisotopic (exact) mass is 283 g/mol. The fourth-order valence-corrected chi connectivity index (χ4v) is 3.57. The lowest BCUT2D eigenvalue weighted by Crippen LogP contribution is -2.44. The molecule has 1 heterocycles. The number of thioether (sulfide) groups is 1. The first-order valence-corrected chi connectivity index (χ1v) is 7.45. The van der Waals surface area contributed by atoms with Crippen molar-refractivity contribution < 1.29 is 0 Å². The van der Waals surface area contributed by atoms with Gasteiger partial charge in [0.1, 0.15) is 5.84 Å². The highest BCUT2D eigenvalue weighted by atomic mass is 35.5. The summed E-state index contributed by atoms with van der Waals surface area (Å²) >= 11 is 8.18. The largest absolute Gasteiger partial charge is 0.384 e. The minimum atomic E-state index is 0.0159. The molecular formula is C13H18ClN3S. The lowest BCUT2D eigenvalue weighted by atomic mass is 10.1. The van der Waals surface area contributed by atoms with Gasteiger partial charge in [-0.25, -0.2) is 0 Å². The SMILES string of the molecule is CC1SCCN(c2ccc(C(=N)N)c(Cl)c2)C1C. The van der Waals surface area contributed by atoms with Gasteiger partial charge < -0.3 is 10.6 Å². The average molecular weight is 284 g/mol. The number of rotatable bonds is 2. The van der Waals surface area contributed by atoms with E-state index in [-0.39, 0.29) is 5.84 Å². The third-order valence-electron chi connectivity index (χ3n) is 3.46. The highest BCUT2D eigenvalue weighted by Gasteiger charge is 2.25. The number of nitrogens with one attached hydrogen (secondary N) is 1. The van der Waals surface area contributed by atoms with Crippen LogP contribution in [0.25, 0.3) is 0 Å². The van der Waals surface area contributed by atoms with Crippen LogP contribution in [0.2, 0.25) is 5.02 Å². The topological polar surface area (TPSA) is 53.1 Å². The predicted molar refractivity (Wildman–Crippen MR) is 81.2 cm³/mol. The molecule has 3 N–H and O–H groups in total. The van der Waals surface area contributed by atoms with Crippen molar-refractivity contribution in [2.24, 2.45) is 5.73 Å². The molecule has 0 saturated carbocycles. The minimum Gasteiger partial charge on any atom is -0.384 e. The molecule has 0 bridgehead atoms. The maximum atomic E-state index is 7.44. The van der Waals surface area contributed by atoms with Gasteiger partial charge in [-0.15, -0.1) is 0 Å². The van der Waals surface area contributed by atoms with E-state index in [0.717, 1.165) is 18.0 Å². The lowest BCUT2D eigenvalue weighted by molar-refractivity contribution is 0.627. The zero-order valence-electron chi connectivity index (χ0n) is 10.6. The van der Waals surface area contributed by atoms with Gasteiger partial charge >= 0.3 is 0 Å². The highest BCUT2D eigenvalue weighted by molar-refractivity contribution is 8.00. The molecule has 2 atom stereocenters. The maximum Gasteiger partial charge on any atom is 0.124 e. The van der Waals surface area contributed by atoms with Gasteiger partial charge in [-0.2, -0.15) is 11.8 Å². The van der Waals surface area contributed by atoms with Gasteiger partial charge in [0.2, 0.25) is 0 Å². The molecule has 98 valence electrons. The molecule has 1 saturated heterocycles. The van der Waals surface area contributed by atoms with E-state index in [4.69, 9.17) is 22.7 Å². The van der Waals surface area contributed by atoms with Crippen LogP contribution in [-0.4, -0.2) is 29.4 Å². The fourth-order valence-electron chi connectivity index (χ4n) is 2.20. The van der Waals surface area contributed by atoms with Gasteiger partial charge in [-0.1, -0.05) is 18.5 Å². The molecule has 0 amide bonds. The quantitative estimate of drug-likeness (QED) is 0.648. The number of amidine groups is 1. The Balaban J connectivity index is 2.28. The van der Waals surface area contributed by atoms with Crippen molar-refractivity contribution in [1.82, 2.24) is 0 Å². The van der Waals surface area contributed by atoms with Crippen LogP contribution < -0.4 is 10.6 Å². The van der Waals surface area contributed by atoms with Gasteiger partial charge in [0.05, 0.1) is 5.02 Å². The number of halogens is 1. The van der Waals surface area contributed by atoms with Gasteiger partial charge in [0.25, 0.3) is 0 Å². The Morgan fingerprint density at radius 1 is 1.50 bits per heavy atom. The second kappa shape index (κ2) is 5.41. The smallest absolute Gasteiger partial charge is 0.124 e. The van der Waals surface area contributed by atoms with E-state index in [1.807, 2.05) is 30.0 Å². The van der Waals surface area contributed by atoms with Crippen molar-refractivity contribution >= 4 is 34.9 Å². The number of nitrogen functional groups attached to an aromatic ring is 1.